The molecule has 0 spiro atoms. The number of carbonyl (C=O) groups excluding carboxylic acids is 1. The lowest BCUT2D eigenvalue weighted by atomic mass is 10.1. The number of hydrogen-bond acceptors (Lipinski definition) is 6. The van der Waals surface area contributed by atoms with Gasteiger partial charge in [-0.25, -0.2) is 4.79 Å². The van der Waals surface area contributed by atoms with E-state index in [1.54, 1.807) is 4.90 Å². The molecule has 1 aliphatic carbocycles. The van der Waals surface area contributed by atoms with Gasteiger partial charge in [0.15, 0.2) is 8.32 Å². The van der Waals surface area contributed by atoms with Crippen molar-refractivity contribution in [1.82, 2.24) is 15.1 Å². The van der Waals surface area contributed by atoms with Crippen molar-refractivity contribution < 1.29 is 14.0 Å². The van der Waals surface area contributed by atoms with Crippen LogP contribution in [0.25, 0.3) is 0 Å². The normalized spacial score (nSPS) is 27.6. The summed E-state index contributed by atoms with van der Waals surface area (Å²) < 4.78 is 12.1. The van der Waals surface area contributed by atoms with Gasteiger partial charge in [-0.1, -0.05) is 0 Å². The zero-order chi connectivity index (χ0) is 19.9. The maximum atomic E-state index is 12.5. The Balaban J connectivity index is 1.71. The van der Waals surface area contributed by atoms with Gasteiger partial charge in [0.1, 0.15) is 17.5 Å². The number of nitrogens with one attached hydrogen (secondary N) is 1. The SMILES string of the molecule is CC(C)(C)OC(=O)N1CCNC(C2N=CC=CN2C2(O[Si](C)(C)C)CC2)C1. The number of carbonyl (C=O) groups is 1. The minimum Gasteiger partial charge on any atom is -0.444 e. The quantitative estimate of drug-likeness (QED) is 0.743. The lowest BCUT2D eigenvalue weighted by molar-refractivity contribution is -0.0190. The summed E-state index contributed by atoms with van der Waals surface area (Å²) in [5, 5.41) is 3.55. The molecule has 152 valence electrons. The van der Waals surface area contributed by atoms with E-state index < -0.39 is 13.9 Å². The Bertz CT molecular complexity index is 619. The smallest absolute Gasteiger partial charge is 0.410 e. The second-order valence-electron chi connectivity index (χ2n) is 9.61. The number of rotatable bonds is 4. The van der Waals surface area contributed by atoms with E-state index in [-0.39, 0.29) is 24.0 Å². The first-order valence-electron chi connectivity index (χ1n) is 9.89. The molecule has 0 radical (unpaired) electrons. The maximum absolute atomic E-state index is 12.5. The number of nitrogens with zero attached hydrogens (tertiary/aromatic N) is 3. The Morgan fingerprint density at radius 3 is 2.59 bits per heavy atom. The molecule has 8 heteroatoms. The summed E-state index contributed by atoms with van der Waals surface area (Å²) in [5.41, 5.74) is -0.724. The zero-order valence-electron chi connectivity index (χ0n) is 17.5. The van der Waals surface area contributed by atoms with E-state index in [4.69, 9.17) is 14.2 Å². The molecule has 1 saturated heterocycles. The minimum atomic E-state index is -1.68. The Morgan fingerprint density at radius 2 is 2.00 bits per heavy atom. The molecule has 0 bridgehead atoms. The Kier molecular flexibility index (Phi) is 5.44. The maximum Gasteiger partial charge on any atom is 0.410 e. The average Bonchev–Trinajstić information content (AvgIpc) is 3.32. The minimum absolute atomic E-state index is 0.0372. The van der Waals surface area contributed by atoms with E-state index in [0.29, 0.717) is 13.1 Å². The van der Waals surface area contributed by atoms with Crippen LogP contribution >= 0.6 is 0 Å². The van der Waals surface area contributed by atoms with Crippen LogP contribution < -0.4 is 5.32 Å². The molecule has 27 heavy (non-hydrogen) atoms. The molecule has 1 amide bonds. The number of ether oxygens (including phenoxy) is 1. The molecule has 7 nitrogen and oxygen atoms in total. The van der Waals surface area contributed by atoms with Gasteiger partial charge in [-0.15, -0.1) is 0 Å². The second kappa shape index (κ2) is 7.22. The highest BCUT2D eigenvalue weighted by atomic mass is 28.4. The van der Waals surface area contributed by atoms with Gasteiger partial charge in [-0.2, -0.15) is 0 Å². The van der Waals surface area contributed by atoms with Crippen LogP contribution in [0.3, 0.4) is 0 Å². The molecule has 2 heterocycles. The molecule has 2 atom stereocenters. The van der Waals surface area contributed by atoms with Gasteiger partial charge in [0.05, 0.1) is 6.04 Å². The lowest BCUT2D eigenvalue weighted by Gasteiger charge is -2.45. The largest absolute Gasteiger partial charge is 0.444 e. The topological polar surface area (TPSA) is 66.4 Å². The highest BCUT2D eigenvalue weighted by molar-refractivity contribution is 6.69. The van der Waals surface area contributed by atoms with Crippen LogP contribution in [-0.2, 0) is 9.16 Å². The van der Waals surface area contributed by atoms with Crippen molar-refractivity contribution in [1.29, 1.82) is 0 Å². The highest BCUT2D eigenvalue weighted by Crippen LogP contribution is 2.47. The zero-order valence-corrected chi connectivity index (χ0v) is 18.5. The lowest BCUT2D eigenvalue weighted by Crippen LogP contribution is -2.62. The van der Waals surface area contributed by atoms with Crippen molar-refractivity contribution in [2.75, 3.05) is 19.6 Å². The summed E-state index contributed by atoms with van der Waals surface area (Å²) in [7, 11) is -1.68. The summed E-state index contributed by atoms with van der Waals surface area (Å²) in [6, 6.07) is 0.0372. The van der Waals surface area contributed by atoms with Gasteiger partial charge < -0.3 is 24.3 Å². The van der Waals surface area contributed by atoms with E-state index in [0.717, 1.165) is 19.4 Å². The molecule has 0 aromatic rings. The van der Waals surface area contributed by atoms with Crippen molar-refractivity contribution >= 4 is 20.6 Å². The van der Waals surface area contributed by atoms with Gasteiger partial charge >= 0.3 is 6.09 Å². The van der Waals surface area contributed by atoms with E-state index in [9.17, 15) is 4.79 Å². The predicted octanol–water partition coefficient (Wildman–Crippen LogP) is 2.76. The fraction of sp³-hybridized carbons (Fsp3) is 0.789. The Morgan fingerprint density at radius 1 is 1.30 bits per heavy atom. The average molecular weight is 395 g/mol. The third-order valence-electron chi connectivity index (χ3n) is 4.72. The number of piperazine rings is 1. The van der Waals surface area contributed by atoms with Crippen molar-refractivity contribution in [2.24, 2.45) is 4.99 Å². The predicted molar refractivity (Wildman–Crippen MR) is 109 cm³/mol. The number of allylic oxidation sites excluding steroid dienone is 1. The molecule has 3 rings (SSSR count). The van der Waals surface area contributed by atoms with Gasteiger partial charge in [0.25, 0.3) is 0 Å². The Hall–Kier alpha value is -1.38. The van der Waals surface area contributed by atoms with Crippen LogP contribution in [0.4, 0.5) is 4.79 Å². The van der Waals surface area contributed by atoms with E-state index >= 15 is 0 Å². The molecule has 2 aliphatic heterocycles. The van der Waals surface area contributed by atoms with Crippen molar-refractivity contribution in [3.8, 4) is 0 Å². The molecule has 1 N–H and O–H groups in total. The molecule has 0 aromatic heterocycles. The van der Waals surface area contributed by atoms with Crippen LogP contribution in [0, 0.1) is 0 Å². The molecular weight excluding hydrogens is 360 g/mol. The van der Waals surface area contributed by atoms with Crippen molar-refractivity contribution in [3.05, 3.63) is 12.3 Å². The standard InChI is InChI=1S/C19H34N4O3Si/c1-18(2,3)25-17(24)22-13-11-20-15(14-22)16-21-10-7-12-23(16)19(8-9-19)26-27(4,5)6/h7,10,12,15-16,20H,8-9,11,13-14H2,1-6H3. The second-order valence-corrected chi connectivity index (χ2v) is 14.0. The molecular formula is C19H34N4O3Si. The molecule has 2 fully saturated rings. The molecule has 2 unspecified atom stereocenters. The highest BCUT2D eigenvalue weighted by Gasteiger charge is 2.54. The fourth-order valence-electron chi connectivity index (χ4n) is 3.66. The van der Waals surface area contributed by atoms with E-state index in [1.807, 2.05) is 33.1 Å². The first-order chi connectivity index (χ1) is 12.5. The van der Waals surface area contributed by atoms with Gasteiger partial charge in [-0.05, 0) is 59.3 Å². The van der Waals surface area contributed by atoms with Crippen LogP contribution in [0.5, 0.6) is 0 Å². The van der Waals surface area contributed by atoms with E-state index in [1.165, 1.54) is 0 Å². The summed E-state index contributed by atoms with van der Waals surface area (Å²) in [5.74, 6) is 0. The third-order valence-corrected chi connectivity index (χ3v) is 5.71. The number of hydrogen-bond donors (Lipinski definition) is 1. The van der Waals surface area contributed by atoms with Crippen LogP contribution in [0.2, 0.25) is 19.6 Å². The van der Waals surface area contributed by atoms with Crippen molar-refractivity contribution in [3.63, 3.8) is 0 Å². The first kappa shape index (κ1) is 20.4. The summed E-state index contributed by atoms with van der Waals surface area (Å²) in [6.07, 6.45) is 7.62. The van der Waals surface area contributed by atoms with E-state index in [2.05, 4.69) is 36.1 Å². The summed E-state index contributed by atoms with van der Waals surface area (Å²) in [4.78, 5) is 21.3. The van der Waals surface area contributed by atoms with Gasteiger partial charge in [0, 0.05) is 32.0 Å². The summed E-state index contributed by atoms with van der Waals surface area (Å²) in [6.45, 7) is 14.3. The van der Waals surface area contributed by atoms with Crippen LogP contribution in [0.15, 0.2) is 17.3 Å². The van der Waals surface area contributed by atoms with Gasteiger partial charge in [0.2, 0.25) is 0 Å². The number of aliphatic imine (C=N–C) groups is 1. The molecule has 1 saturated carbocycles. The molecule has 0 aromatic carbocycles. The Labute approximate surface area is 163 Å². The summed E-state index contributed by atoms with van der Waals surface area (Å²) >= 11 is 0. The van der Waals surface area contributed by atoms with Gasteiger partial charge in [-0.3, -0.25) is 4.99 Å². The number of amides is 1. The fourth-order valence-corrected chi connectivity index (χ4v) is 5.11. The first-order valence-corrected chi connectivity index (χ1v) is 13.3. The third kappa shape index (κ3) is 5.11. The monoisotopic (exact) mass is 394 g/mol. The molecule has 3 aliphatic rings. The van der Waals surface area contributed by atoms with Crippen LogP contribution in [0.1, 0.15) is 33.6 Å². The van der Waals surface area contributed by atoms with Crippen molar-refractivity contribution in [2.45, 2.75) is 76.8 Å². The van der Waals surface area contributed by atoms with Crippen LogP contribution in [-0.4, -0.2) is 73.6 Å².